The molecule has 0 bridgehead atoms. The molecule has 10 heteroatoms. The van der Waals surface area contributed by atoms with E-state index in [9.17, 15) is 30.0 Å². The van der Waals surface area contributed by atoms with Crippen LogP contribution in [0, 0.1) is 63.1 Å². The number of Topliss-reactive ketones (excluding diaryl/α,β-unsaturated/α-hetero) is 2. The van der Waals surface area contributed by atoms with Crippen molar-refractivity contribution in [3.63, 3.8) is 0 Å². The summed E-state index contributed by atoms with van der Waals surface area (Å²) in [6, 6.07) is 3.54. The maximum atomic E-state index is 13.7. The van der Waals surface area contributed by atoms with Crippen LogP contribution in [0.2, 0.25) is 0 Å². The molecule has 13 unspecified atom stereocenters. The lowest BCUT2D eigenvalue weighted by molar-refractivity contribution is -0.447. The Hall–Kier alpha value is -2.70. The van der Waals surface area contributed by atoms with Gasteiger partial charge in [0.05, 0.1) is 25.1 Å². The second-order valence-electron chi connectivity index (χ2n) is 20.9. The summed E-state index contributed by atoms with van der Waals surface area (Å²) < 4.78 is 24.3. The molecule has 1 aromatic rings. The van der Waals surface area contributed by atoms with E-state index in [1.165, 1.54) is 11.1 Å². The number of aliphatic hydroxyl groups is 4. The molecule has 16 atom stereocenters. The molecule has 10 nitrogen and oxygen atoms in total. The minimum atomic E-state index is -1.56. The minimum Gasteiger partial charge on any atom is -0.461 e. The van der Waals surface area contributed by atoms with Gasteiger partial charge >= 0.3 is 5.97 Å². The van der Waals surface area contributed by atoms with Gasteiger partial charge in [-0.3, -0.25) is 9.59 Å². The highest BCUT2D eigenvalue weighted by atomic mass is 16.9. The molecule has 71 heavy (non-hydrogen) atoms. The van der Waals surface area contributed by atoms with Crippen LogP contribution in [0.15, 0.2) is 70.4 Å². The van der Waals surface area contributed by atoms with Gasteiger partial charge in [-0.1, -0.05) is 151 Å². The van der Waals surface area contributed by atoms with Crippen molar-refractivity contribution in [1.82, 2.24) is 0 Å². The van der Waals surface area contributed by atoms with E-state index in [4.69, 9.17) is 18.6 Å². The van der Waals surface area contributed by atoms with Crippen LogP contribution in [0.25, 0.3) is 0 Å². The molecule has 7 fully saturated rings. The van der Waals surface area contributed by atoms with Gasteiger partial charge in [-0.15, -0.1) is 0 Å². The van der Waals surface area contributed by atoms with Crippen LogP contribution in [-0.4, -0.2) is 75.2 Å². The molecule has 406 valence electrons. The van der Waals surface area contributed by atoms with Gasteiger partial charge in [0.15, 0.2) is 17.3 Å². The van der Waals surface area contributed by atoms with Crippen molar-refractivity contribution in [1.29, 1.82) is 0 Å². The van der Waals surface area contributed by atoms with Gasteiger partial charge < -0.3 is 39.1 Å². The van der Waals surface area contributed by atoms with E-state index in [0.717, 1.165) is 44.9 Å². The first kappa shape index (κ1) is 62.6. The van der Waals surface area contributed by atoms with E-state index in [0.29, 0.717) is 37.5 Å². The van der Waals surface area contributed by atoms with Crippen molar-refractivity contribution >= 4 is 11.6 Å². The molecule has 0 radical (unpaired) electrons. The number of aliphatic hydroxyl groups excluding tert-OH is 3. The number of allylic oxidation sites excluding steroid dienone is 8. The Labute approximate surface area is 431 Å². The van der Waals surface area contributed by atoms with Gasteiger partial charge in [-0.2, -0.15) is 0 Å². The van der Waals surface area contributed by atoms with Gasteiger partial charge in [0.1, 0.15) is 24.4 Å². The fourth-order valence-corrected chi connectivity index (χ4v) is 16.1. The maximum absolute atomic E-state index is 13.7. The number of rotatable bonds is 6. The second-order valence-corrected chi connectivity index (χ2v) is 20.9. The molecular formula is C61H102O10. The molecular weight excluding hydrogens is 893 g/mol. The highest BCUT2D eigenvalue weighted by Crippen LogP contribution is 2.70. The molecule has 0 amide bonds. The van der Waals surface area contributed by atoms with E-state index in [-0.39, 0.29) is 58.7 Å². The average Bonchev–Trinajstić information content (AvgIpc) is 4.08. The van der Waals surface area contributed by atoms with E-state index in [2.05, 4.69) is 64.2 Å². The smallest absolute Gasteiger partial charge is 0.347 e. The first-order chi connectivity index (χ1) is 33.9. The Morgan fingerprint density at radius 3 is 2.04 bits per heavy atom. The summed E-state index contributed by atoms with van der Waals surface area (Å²) in [5.74, 6) is -0.599. The van der Waals surface area contributed by atoms with Crippen molar-refractivity contribution in [2.75, 3.05) is 19.8 Å². The van der Waals surface area contributed by atoms with E-state index in [1.807, 2.05) is 96.9 Å². The fourth-order valence-electron chi connectivity index (χ4n) is 16.1. The summed E-state index contributed by atoms with van der Waals surface area (Å²) in [5.41, 5.74) is -1.31. The second kappa shape index (κ2) is 25.7. The molecule has 2 heterocycles. The molecule has 6 saturated carbocycles. The molecule has 0 aromatic carbocycles. The Kier molecular flexibility index (Phi) is 22.7. The van der Waals surface area contributed by atoms with Crippen LogP contribution < -0.4 is 0 Å². The topological polar surface area (TPSA) is 156 Å². The maximum Gasteiger partial charge on any atom is 0.347 e. The van der Waals surface area contributed by atoms with Gasteiger partial charge in [0.25, 0.3) is 0 Å². The summed E-state index contributed by atoms with van der Waals surface area (Å²) >= 11 is 0. The lowest BCUT2D eigenvalue weighted by atomic mass is 9.46. The first-order valence-electron chi connectivity index (χ1n) is 28.4. The van der Waals surface area contributed by atoms with Crippen LogP contribution in [0.3, 0.4) is 0 Å². The van der Waals surface area contributed by atoms with Crippen molar-refractivity contribution in [2.45, 2.75) is 218 Å². The van der Waals surface area contributed by atoms with E-state index in [1.54, 1.807) is 18.4 Å². The minimum absolute atomic E-state index is 0.0507. The Balaban J connectivity index is 0.000000326. The molecule has 9 rings (SSSR count). The van der Waals surface area contributed by atoms with Gasteiger partial charge in [0.2, 0.25) is 0 Å². The van der Waals surface area contributed by atoms with E-state index < -0.39 is 52.6 Å². The molecule has 1 aromatic heterocycles. The predicted molar refractivity (Wildman–Crippen MR) is 287 cm³/mol. The third-order valence-corrected chi connectivity index (χ3v) is 18.6. The summed E-state index contributed by atoms with van der Waals surface area (Å²) in [6.45, 7) is 36.2. The zero-order valence-corrected chi connectivity index (χ0v) is 47.8. The molecule has 1 saturated heterocycles. The number of carbonyl (C=O) groups excluding carboxylic acids is 2. The van der Waals surface area contributed by atoms with Crippen molar-refractivity contribution in [2.24, 2.45) is 63.1 Å². The Morgan fingerprint density at radius 2 is 1.46 bits per heavy atom. The van der Waals surface area contributed by atoms with Crippen LogP contribution in [0.4, 0.5) is 0 Å². The standard InChI is InChI=1S/C28H36O6.C23H36O4.5C2H6/c1-4-32-28(23-9-7-15-31-23)33-17-22(30)27(34-28)14-12-20-19-11-10-18-8-5-6-13-25(18,2)24(19)21(29)16-26(20,27)3;1-6-10-21(4)15(7-2)8-9-16-17-11-14(3)23(27,19(26)13-24)22(17,5)12-18(25)20(16)21;5*1-2/h6-9,13,15,19-21,24,29H,4-5,10-12,14,16-17H2,1-3H3;6-7,10,14,16-18,20,24-25,27H,8-9,11-13H2,1-5H3;5*1-2H3/b;10-6-,15-7-;;;;;/t19?,20?,21?,24?,25?,26?,27-,28?;14-,16?,17?,18?,20?,21?,22?,23+;;;;;/m11...../s1. The largest absolute Gasteiger partial charge is 0.461 e. The van der Waals surface area contributed by atoms with Crippen molar-refractivity contribution < 1.29 is 48.6 Å². The number of ether oxygens (including phenoxy) is 3. The van der Waals surface area contributed by atoms with Crippen LogP contribution in [0.5, 0.6) is 0 Å². The summed E-state index contributed by atoms with van der Waals surface area (Å²) in [7, 11) is 0. The number of hydrogen-bond acceptors (Lipinski definition) is 10. The highest BCUT2D eigenvalue weighted by Gasteiger charge is 2.73. The molecule has 1 aliphatic heterocycles. The molecule has 1 spiro atoms. The highest BCUT2D eigenvalue weighted by molar-refractivity contribution is 5.91. The van der Waals surface area contributed by atoms with Crippen LogP contribution in [0.1, 0.15) is 195 Å². The van der Waals surface area contributed by atoms with Crippen molar-refractivity contribution in [3.8, 4) is 0 Å². The number of furan rings is 1. The number of fused-ring (bicyclic) bond motifs is 9. The van der Waals surface area contributed by atoms with E-state index >= 15 is 0 Å². The van der Waals surface area contributed by atoms with Gasteiger partial charge in [-0.25, -0.2) is 0 Å². The molecule has 8 aliphatic rings. The third kappa shape index (κ3) is 10.1. The zero-order chi connectivity index (χ0) is 54.0. The van der Waals surface area contributed by atoms with Crippen LogP contribution >= 0.6 is 0 Å². The van der Waals surface area contributed by atoms with Gasteiger partial charge in [-0.05, 0) is 127 Å². The number of hydrogen-bond donors (Lipinski definition) is 4. The summed E-state index contributed by atoms with van der Waals surface area (Å²) in [6.07, 6.45) is 22.2. The summed E-state index contributed by atoms with van der Waals surface area (Å²) in [4.78, 5) is 26.3. The lowest BCUT2D eigenvalue weighted by Gasteiger charge is -2.61. The van der Waals surface area contributed by atoms with Gasteiger partial charge in [0, 0.05) is 33.5 Å². The van der Waals surface area contributed by atoms with Crippen LogP contribution in [-0.2, 0) is 29.8 Å². The SMILES string of the molecule is C/C=C\C1(C)/C(=C\C)CCC2C1C(O)CC1(C)C2C[C@@H](C)[C@]1(O)C(=O)CO.CC.CC.CC.CC.CC.CCOC1(c2ccco2)OCC(=O)[C@@]2(CCC3C4CCC5=CCC=CC5(C)C4C(O)CC32C)O1. The number of ketones is 2. The Bertz CT molecular complexity index is 1970. The first-order valence-corrected chi connectivity index (χ1v) is 28.4. The lowest BCUT2D eigenvalue weighted by Crippen LogP contribution is -2.67. The Morgan fingerprint density at radius 1 is 0.859 bits per heavy atom. The molecule has 7 aliphatic carbocycles. The van der Waals surface area contributed by atoms with Crippen molar-refractivity contribution in [3.05, 3.63) is 71.8 Å². The predicted octanol–water partition coefficient (Wildman–Crippen LogP) is 13.3. The third-order valence-electron chi connectivity index (χ3n) is 18.6. The quantitative estimate of drug-likeness (QED) is 0.202. The monoisotopic (exact) mass is 995 g/mol. The molecule has 4 N–H and O–H groups in total. The summed E-state index contributed by atoms with van der Waals surface area (Å²) in [5, 5.41) is 44.0. The number of carbonyl (C=O) groups is 2. The average molecular weight is 995 g/mol. The normalized spacial score (nSPS) is 42.8. The fraction of sp³-hybridized carbons (Fsp3) is 0.770. The zero-order valence-electron chi connectivity index (χ0n) is 47.8.